The minimum atomic E-state index is -0.511. The van der Waals surface area contributed by atoms with Gasteiger partial charge < -0.3 is 11.1 Å². The van der Waals surface area contributed by atoms with Gasteiger partial charge >= 0.3 is 0 Å². The van der Waals surface area contributed by atoms with E-state index >= 15 is 0 Å². The van der Waals surface area contributed by atoms with E-state index in [4.69, 9.17) is 11.0 Å². The summed E-state index contributed by atoms with van der Waals surface area (Å²) in [7, 11) is 0. The summed E-state index contributed by atoms with van der Waals surface area (Å²) < 4.78 is 0. The van der Waals surface area contributed by atoms with Gasteiger partial charge in [0, 0.05) is 0 Å². The molecule has 1 aromatic heterocycles. The van der Waals surface area contributed by atoms with Crippen LogP contribution in [0.25, 0.3) is 0 Å². The molecule has 0 spiro atoms. The van der Waals surface area contributed by atoms with E-state index < -0.39 is 6.04 Å². The fourth-order valence-corrected chi connectivity index (χ4v) is 1.62. The molecular weight excluding hydrogens is 198 g/mol. The van der Waals surface area contributed by atoms with Gasteiger partial charge in [0.25, 0.3) is 0 Å². The van der Waals surface area contributed by atoms with Gasteiger partial charge in [-0.1, -0.05) is 6.92 Å². The van der Waals surface area contributed by atoms with Gasteiger partial charge in [0.15, 0.2) is 0 Å². The molecular formula is C9H11N3OS. The zero-order chi connectivity index (χ0) is 10.6. The first-order chi connectivity index (χ1) is 6.69. The molecule has 1 rings (SSSR count). The zero-order valence-electron chi connectivity index (χ0n) is 7.78. The predicted molar refractivity (Wildman–Crippen MR) is 55.9 cm³/mol. The first kappa shape index (κ1) is 10.7. The summed E-state index contributed by atoms with van der Waals surface area (Å²) in [4.78, 5) is 11.4. The van der Waals surface area contributed by atoms with E-state index in [2.05, 4.69) is 5.32 Å². The van der Waals surface area contributed by atoms with Crippen molar-refractivity contribution in [3.63, 3.8) is 0 Å². The van der Waals surface area contributed by atoms with Crippen molar-refractivity contribution >= 4 is 22.2 Å². The van der Waals surface area contributed by atoms with Crippen molar-refractivity contribution in [1.29, 1.82) is 5.26 Å². The van der Waals surface area contributed by atoms with Gasteiger partial charge in [0.05, 0.1) is 11.6 Å². The normalized spacial score (nSPS) is 11.8. The molecule has 1 aromatic rings. The molecule has 0 radical (unpaired) electrons. The summed E-state index contributed by atoms with van der Waals surface area (Å²) in [5, 5.41) is 13.6. The van der Waals surface area contributed by atoms with Crippen molar-refractivity contribution in [2.45, 2.75) is 19.4 Å². The lowest BCUT2D eigenvalue weighted by molar-refractivity contribution is -0.117. The van der Waals surface area contributed by atoms with Crippen molar-refractivity contribution < 1.29 is 4.79 Å². The summed E-state index contributed by atoms with van der Waals surface area (Å²) in [5.41, 5.74) is 6.01. The number of nitrogens with one attached hydrogen (secondary N) is 1. The quantitative estimate of drug-likeness (QED) is 0.787. The van der Waals surface area contributed by atoms with Crippen LogP contribution in [0.3, 0.4) is 0 Å². The lowest BCUT2D eigenvalue weighted by Gasteiger charge is -2.08. The van der Waals surface area contributed by atoms with Gasteiger partial charge in [-0.25, -0.2) is 0 Å². The van der Waals surface area contributed by atoms with Gasteiger partial charge in [-0.05, 0) is 17.9 Å². The second-order valence-corrected chi connectivity index (χ2v) is 3.70. The van der Waals surface area contributed by atoms with E-state index in [1.165, 1.54) is 11.3 Å². The van der Waals surface area contributed by atoms with E-state index in [0.717, 1.165) is 0 Å². The van der Waals surface area contributed by atoms with Crippen LogP contribution in [0.5, 0.6) is 0 Å². The molecule has 0 bridgehead atoms. The number of hydrogen-bond donors (Lipinski definition) is 2. The Kier molecular flexibility index (Phi) is 3.63. The molecule has 3 N–H and O–H groups in total. The Morgan fingerprint density at radius 1 is 1.86 bits per heavy atom. The molecule has 4 nitrogen and oxygen atoms in total. The number of nitrogens with zero attached hydrogens (tertiary/aromatic N) is 1. The SMILES string of the molecule is CC[C@H](N)C(=O)Nc1sccc1C#N. The maximum atomic E-state index is 11.4. The first-order valence-corrected chi connectivity index (χ1v) is 5.11. The number of thiophene rings is 1. The van der Waals surface area contributed by atoms with E-state index in [9.17, 15) is 4.79 Å². The number of carbonyl (C=O) groups excluding carboxylic acids is 1. The Morgan fingerprint density at radius 3 is 3.14 bits per heavy atom. The maximum Gasteiger partial charge on any atom is 0.241 e. The van der Waals surface area contributed by atoms with Crippen LogP contribution in [0.1, 0.15) is 18.9 Å². The average molecular weight is 209 g/mol. The molecule has 0 aromatic carbocycles. The summed E-state index contributed by atoms with van der Waals surface area (Å²) in [5.74, 6) is -0.244. The second kappa shape index (κ2) is 4.74. The Hall–Kier alpha value is -1.38. The molecule has 0 aliphatic rings. The summed E-state index contributed by atoms with van der Waals surface area (Å²) >= 11 is 1.32. The highest BCUT2D eigenvalue weighted by molar-refractivity contribution is 7.14. The second-order valence-electron chi connectivity index (χ2n) is 2.78. The number of anilines is 1. The van der Waals surface area contributed by atoms with Crippen LogP contribution in [0.2, 0.25) is 0 Å². The monoisotopic (exact) mass is 209 g/mol. The van der Waals surface area contributed by atoms with E-state index in [1.54, 1.807) is 11.4 Å². The summed E-state index contributed by atoms with van der Waals surface area (Å²) in [6, 6.07) is 3.15. The third kappa shape index (κ3) is 2.31. The summed E-state index contributed by atoms with van der Waals surface area (Å²) in [6.07, 6.45) is 0.582. The number of hydrogen-bond acceptors (Lipinski definition) is 4. The van der Waals surface area contributed by atoms with Crippen molar-refractivity contribution in [3.8, 4) is 6.07 Å². The lowest BCUT2D eigenvalue weighted by Crippen LogP contribution is -2.34. The highest BCUT2D eigenvalue weighted by Crippen LogP contribution is 2.22. The molecule has 0 saturated heterocycles. The molecule has 1 atom stereocenters. The van der Waals surface area contributed by atoms with Gasteiger partial charge in [-0.3, -0.25) is 4.79 Å². The summed E-state index contributed by atoms with van der Waals surface area (Å²) in [6.45, 7) is 1.84. The molecule has 0 unspecified atom stereocenters. The van der Waals surface area contributed by atoms with Crippen LogP contribution < -0.4 is 11.1 Å². The van der Waals surface area contributed by atoms with Crippen molar-refractivity contribution in [2.24, 2.45) is 5.73 Å². The molecule has 5 heteroatoms. The van der Waals surface area contributed by atoms with Crippen molar-refractivity contribution in [1.82, 2.24) is 0 Å². The lowest BCUT2D eigenvalue weighted by atomic mass is 10.2. The first-order valence-electron chi connectivity index (χ1n) is 4.23. The zero-order valence-corrected chi connectivity index (χ0v) is 8.60. The topological polar surface area (TPSA) is 78.9 Å². The van der Waals surface area contributed by atoms with Crippen LogP contribution in [0, 0.1) is 11.3 Å². The smallest absolute Gasteiger partial charge is 0.241 e. The van der Waals surface area contributed by atoms with Crippen LogP contribution in [0.4, 0.5) is 5.00 Å². The van der Waals surface area contributed by atoms with E-state index in [0.29, 0.717) is 17.0 Å². The van der Waals surface area contributed by atoms with Crippen molar-refractivity contribution in [2.75, 3.05) is 5.32 Å². The standard InChI is InChI=1S/C9H11N3OS/c1-2-7(11)8(13)12-9-6(5-10)3-4-14-9/h3-4,7H,2,11H2,1H3,(H,12,13)/t7-/m0/s1. The average Bonchev–Trinajstić information content (AvgIpc) is 2.63. The highest BCUT2D eigenvalue weighted by atomic mass is 32.1. The number of rotatable bonds is 3. The van der Waals surface area contributed by atoms with Crippen LogP contribution in [-0.4, -0.2) is 11.9 Å². The molecule has 0 aliphatic heterocycles. The molecule has 0 aliphatic carbocycles. The molecule has 0 saturated carbocycles. The Balaban J connectivity index is 2.70. The number of nitrogens with two attached hydrogens (primary N) is 1. The van der Waals surface area contributed by atoms with Gasteiger partial charge in [-0.15, -0.1) is 11.3 Å². The van der Waals surface area contributed by atoms with E-state index in [1.807, 2.05) is 13.0 Å². The fourth-order valence-electron chi connectivity index (χ4n) is 0.884. The van der Waals surface area contributed by atoms with Crippen LogP contribution >= 0.6 is 11.3 Å². The third-order valence-electron chi connectivity index (χ3n) is 1.80. The van der Waals surface area contributed by atoms with Crippen LogP contribution in [-0.2, 0) is 4.79 Å². The minimum Gasteiger partial charge on any atom is -0.320 e. The molecule has 0 fully saturated rings. The van der Waals surface area contributed by atoms with Gasteiger partial charge in [0.1, 0.15) is 11.1 Å². The minimum absolute atomic E-state index is 0.244. The molecule has 14 heavy (non-hydrogen) atoms. The number of carbonyl (C=O) groups is 1. The molecule has 74 valence electrons. The van der Waals surface area contributed by atoms with Crippen LogP contribution in [0.15, 0.2) is 11.4 Å². The Labute approximate surface area is 86.3 Å². The maximum absolute atomic E-state index is 11.4. The van der Waals surface area contributed by atoms with Crippen molar-refractivity contribution in [3.05, 3.63) is 17.0 Å². The predicted octanol–water partition coefficient (Wildman–Crippen LogP) is 1.30. The largest absolute Gasteiger partial charge is 0.320 e. The van der Waals surface area contributed by atoms with E-state index in [-0.39, 0.29) is 5.91 Å². The number of amides is 1. The Morgan fingerprint density at radius 2 is 2.57 bits per heavy atom. The number of nitriles is 1. The highest BCUT2D eigenvalue weighted by Gasteiger charge is 2.13. The van der Waals surface area contributed by atoms with Gasteiger partial charge in [0.2, 0.25) is 5.91 Å². The molecule has 1 heterocycles. The van der Waals surface area contributed by atoms with Gasteiger partial charge in [-0.2, -0.15) is 5.26 Å². The Bertz CT molecular complexity index is 366. The fraction of sp³-hybridized carbons (Fsp3) is 0.333. The molecule has 1 amide bonds. The third-order valence-corrected chi connectivity index (χ3v) is 2.63.